The van der Waals surface area contributed by atoms with Gasteiger partial charge in [-0.2, -0.15) is 15.0 Å². The molecule has 0 amide bonds. The maximum absolute atomic E-state index is 13.5. The van der Waals surface area contributed by atoms with Crippen LogP contribution in [0.2, 0.25) is 0 Å². The zero-order valence-corrected chi connectivity index (χ0v) is 16.3. The molecule has 4 rings (SSSR count). The van der Waals surface area contributed by atoms with Crippen LogP contribution in [-0.2, 0) is 0 Å². The molecule has 0 aliphatic carbocycles. The fourth-order valence-corrected chi connectivity index (χ4v) is 3.00. The van der Waals surface area contributed by atoms with Crippen LogP contribution in [-0.4, -0.2) is 28.0 Å². The molecule has 0 saturated carbocycles. The molecule has 8 heteroatoms. The van der Waals surface area contributed by atoms with Crippen LogP contribution in [0.25, 0.3) is 0 Å². The van der Waals surface area contributed by atoms with Gasteiger partial charge in [-0.1, -0.05) is 23.8 Å². The first-order valence-corrected chi connectivity index (χ1v) is 9.03. The Balaban J connectivity index is 0.00000225. The number of halogens is 2. The molecule has 2 N–H and O–H groups in total. The van der Waals surface area contributed by atoms with Crippen LogP contribution in [0, 0.1) is 12.7 Å². The van der Waals surface area contributed by atoms with Gasteiger partial charge in [0, 0.05) is 24.5 Å². The van der Waals surface area contributed by atoms with E-state index in [2.05, 4.69) is 30.5 Å². The fourth-order valence-electron chi connectivity index (χ4n) is 3.00. The number of hydrogen-bond donors (Lipinski definition) is 2. The van der Waals surface area contributed by atoms with Gasteiger partial charge < -0.3 is 15.5 Å². The third kappa shape index (κ3) is 4.86. The molecular weight excluding hydrogens is 379 g/mol. The Morgan fingerprint density at radius 2 is 1.50 bits per heavy atom. The van der Waals surface area contributed by atoms with Crippen LogP contribution < -0.4 is 15.5 Å². The van der Waals surface area contributed by atoms with E-state index in [0.29, 0.717) is 23.5 Å². The minimum Gasteiger partial charge on any atom is -0.341 e. The summed E-state index contributed by atoms with van der Waals surface area (Å²) in [6.45, 7) is 3.89. The zero-order valence-electron chi connectivity index (χ0n) is 15.5. The monoisotopic (exact) mass is 400 g/mol. The Morgan fingerprint density at radius 1 is 0.857 bits per heavy atom. The average Bonchev–Trinajstić information content (AvgIpc) is 3.18. The second-order valence-corrected chi connectivity index (χ2v) is 6.60. The van der Waals surface area contributed by atoms with Gasteiger partial charge in [-0.25, -0.2) is 4.39 Å². The van der Waals surface area contributed by atoms with Crippen molar-refractivity contribution in [1.82, 2.24) is 15.0 Å². The predicted octanol–water partition coefficient (Wildman–Crippen LogP) is 4.83. The molecule has 1 aliphatic rings. The highest BCUT2D eigenvalue weighted by Gasteiger charge is 2.17. The number of anilines is 5. The molecule has 0 bridgehead atoms. The van der Waals surface area contributed by atoms with Crippen LogP contribution in [0.4, 0.5) is 33.6 Å². The molecule has 2 aromatic carbocycles. The largest absolute Gasteiger partial charge is 0.341 e. The van der Waals surface area contributed by atoms with E-state index in [-0.39, 0.29) is 18.2 Å². The topological polar surface area (TPSA) is 66.0 Å². The first-order valence-electron chi connectivity index (χ1n) is 9.03. The van der Waals surface area contributed by atoms with Crippen molar-refractivity contribution in [2.75, 3.05) is 28.6 Å². The van der Waals surface area contributed by atoms with Crippen LogP contribution in [0.1, 0.15) is 18.4 Å². The number of nitrogens with zero attached hydrogens (tertiary/aromatic N) is 4. The molecule has 1 aliphatic heterocycles. The molecule has 0 unspecified atom stereocenters. The molecule has 1 saturated heterocycles. The summed E-state index contributed by atoms with van der Waals surface area (Å²) in [5, 5.41) is 6.30. The van der Waals surface area contributed by atoms with Crippen molar-refractivity contribution in [2.24, 2.45) is 0 Å². The highest BCUT2D eigenvalue weighted by Crippen LogP contribution is 2.23. The number of aromatic nitrogens is 3. The smallest absolute Gasteiger partial charge is 0.233 e. The van der Waals surface area contributed by atoms with Gasteiger partial charge in [0.1, 0.15) is 5.82 Å². The lowest BCUT2D eigenvalue weighted by atomic mass is 10.2. The number of hydrogen-bond acceptors (Lipinski definition) is 6. The minimum atomic E-state index is -0.313. The minimum absolute atomic E-state index is 0. The molecule has 2 heterocycles. The van der Waals surface area contributed by atoms with E-state index in [9.17, 15) is 4.39 Å². The van der Waals surface area contributed by atoms with E-state index in [0.717, 1.165) is 31.6 Å². The van der Waals surface area contributed by atoms with Gasteiger partial charge in [0.15, 0.2) is 0 Å². The molecule has 0 spiro atoms. The number of benzene rings is 2. The Kier molecular flexibility index (Phi) is 6.26. The van der Waals surface area contributed by atoms with Gasteiger partial charge in [0.05, 0.1) is 0 Å². The summed E-state index contributed by atoms with van der Waals surface area (Å²) in [4.78, 5) is 15.7. The normalized spacial score (nSPS) is 13.1. The highest BCUT2D eigenvalue weighted by molar-refractivity contribution is 5.85. The summed E-state index contributed by atoms with van der Waals surface area (Å²) >= 11 is 0. The Morgan fingerprint density at radius 3 is 2.14 bits per heavy atom. The molecule has 1 aromatic heterocycles. The quantitative estimate of drug-likeness (QED) is 0.639. The second-order valence-electron chi connectivity index (χ2n) is 6.60. The van der Waals surface area contributed by atoms with Crippen molar-refractivity contribution in [3.63, 3.8) is 0 Å². The third-order valence-corrected chi connectivity index (χ3v) is 4.40. The first kappa shape index (κ1) is 19.8. The summed E-state index contributed by atoms with van der Waals surface area (Å²) < 4.78 is 13.5. The van der Waals surface area contributed by atoms with Gasteiger partial charge in [0.2, 0.25) is 17.8 Å². The summed E-state index contributed by atoms with van der Waals surface area (Å²) in [6, 6.07) is 14.2. The van der Waals surface area contributed by atoms with Crippen molar-refractivity contribution in [3.8, 4) is 0 Å². The number of aryl methyl sites for hydroxylation is 1. The van der Waals surface area contributed by atoms with Crippen molar-refractivity contribution >= 4 is 41.6 Å². The van der Waals surface area contributed by atoms with Crippen molar-refractivity contribution in [2.45, 2.75) is 19.8 Å². The molecule has 0 radical (unpaired) electrons. The summed E-state index contributed by atoms with van der Waals surface area (Å²) in [5.41, 5.74) is 2.67. The van der Waals surface area contributed by atoms with E-state index in [1.54, 1.807) is 12.1 Å². The van der Waals surface area contributed by atoms with E-state index < -0.39 is 0 Å². The summed E-state index contributed by atoms with van der Waals surface area (Å²) in [5.74, 6) is 1.14. The Bertz CT molecular complexity index is 928. The molecule has 6 nitrogen and oxygen atoms in total. The Labute approximate surface area is 169 Å². The lowest BCUT2D eigenvalue weighted by Crippen LogP contribution is -2.21. The van der Waals surface area contributed by atoms with Gasteiger partial charge in [-0.15, -0.1) is 12.4 Å². The van der Waals surface area contributed by atoms with Crippen LogP contribution in [0.3, 0.4) is 0 Å². The lowest BCUT2D eigenvalue weighted by Gasteiger charge is -2.17. The van der Waals surface area contributed by atoms with Crippen LogP contribution in [0.15, 0.2) is 48.5 Å². The molecule has 146 valence electrons. The van der Waals surface area contributed by atoms with E-state index in [1.807, 2.05) is 31.2 Å². The van der Waals surface area contributed by atoms with Crippen molar-refractivity contribution in [1.29, 1.82) is 0 Å². The number of nitrogens with one attached hydrogen (secondary N) is 2. The summed E-state index contributed by atoms with van der Waals surface area (Å²) in [7, 11) is 0. The molecule has 1 fully saturated rings. The highest BCUT2D eigenvalue weighted by atomic mass is 35.5. The first-order chi connectivity index (χ1) is 13.2. The molecule has 3 aromatic rings. The van der Waals surface area contributed by atoms with Crippen LogP contribution in [0.5, 0.6) is 0 Å². The maximum atomic E-state index is 13.5. The molecule has 0 atom stereocenters. The molecule has 28 heavy (non-hydrogen) atoms. The van der Waals surface area contributed by atoms with Crippen molar-refractivity contribution in [3.05, 3.63) is 59.9 Å². The predicted molar refractivity (Wildman–Crippen MR) is 113 cm³/mol. The average molecular weight is 401 g/mol. The Hall–Kier alpha value is -2.93. The van der Waals surface area contributed by atoms with Gasteiger partial charge >= 0.3 is 0 Å². The summed E-state index contributed by atoms with van der Waals surface area (Å²) in [6.07, 6.45) is 2.25. The van der Waals surface area contributed by atoms with E-state index >= 15 is 0 Å². The van der Waals surface area contributed by atoms with Gasteiger partial charge in [-0.05, 0) is 50.1 Å². The lowest BCUT2D eigenvalue weighted by molar-refractivity contribution is 0.628. The fraction of sp³-hybridized carbons (Fsp3) is 0.250. The SMILES string of the molecule is Cc1ccc(Nc2nc(Nc3cccc(F)c3)nc(N3CCCC3)n2)cc1.Cl. The standard InChI is InChI=1S/C20H21FN6.ClH/c1-14-7-9-16(10-8-14)22-18-24-19(23-17-6-4-5-15(21)13-17)26-20(25-18)27-11-2-3-12-27;/h4-10,13H,2-3,11-12H2,1H3,(H2,22,23,24,25,26);1H. The van der Waals surface area contributed by atoms with Gasteiger partial charge in [-0.3, -0.25) is 0 Å². The molecular formula is C20H22ClFN6. The number of rotatable bonds is 5. The van der Waals surface area contributed by atoms with Crippen LogP contribution >= 0.6 is 12.4 Å². The second kappa shape index (κ2) is 8.84. The zero-order chi connectivity index (χ0) is 18.6. The maximum Gasteiger partial charge on any atom is 0.233 e. The van der Waals surface area contributed by atoms with Gasteiger partial charge in [0.25, 0.3) is 0 Å². The van der Waals surface area contributed by atoms with Crippen molar-refractivity contribution < 1.29 is 4.39 Å². The van der Waals surface area contributed by atoms with E-state index in [1.165, 1.54) is 17.7 Å². The van der Waals surface area contributed by atoms with E-state index in [4.69, 9.17) is 0 Å². The third-order valence-electron chi connectivity index (χ3n) is 4.40.